The Kier molecular flexibility index (Phi) is 7.55. The summed E-state index contributed by atoms with van der Waals surface area (Å²) >= 11 is 0. The number of aliphatic hydroxyl groups excluding tert-OH is 1. The Balaban J connectivity index is 3.69. The lowest BCUT2D eigenvalue weighted by Gasteiger charge is -2.17. The summed E-state index contributed by atoms with van der Waals surface area (Å²) in [6.45, 7) is 3.94. The highest BCUT2D eigenvalue weighted by Crippen LogP contribution is 2.06. The molecule has 0 spiro atoms. The van der Waals surface area contributed by atoms with Gasteiger partial charge in [-0.05, 0) is 13.3 Å². The van der Waals surface area contributed by atoms with Crippen LogP contribution < -0.4 is 0 Å². The minimum Gasteiger partial charge on any atom is -0.392 e. The Hall–Kier alpha value is -0.520. The van der Waals surface area contributed by atoms with Gasteiger partial charge in [-0.1, -0.05) is 32.1 Å². The average molecular weight is 198 g/mol. The number of unbranched alkanes of at least 4 members (excludes halogenated alkanes) is 4. The third-order valence-corrected chi connectivity index (χ3v) is 2.26. The zero-order chi connectivity index (χ0) is 10.9. The molecule has 2 heteroatoms. The van der Waals surface area contributed by atoms with Crippen LogP contribution in [0.15, 0.2) is 0 Å². The van der Waals surface area contributed by atoms with Crippen molar-refractivity contribution in [3.63, 3.8) is 0 Å². The van der Waals surface area contributed by atoms with E-state index in [1.807, 2.05) is 0 Å². The van der Waals surface area contributed by atoms with E-state index in [2.05, 4.69) is 18.8 Å². The Morgan fingerprint density at radius 3 is 2.50 bits per heavy atom. The fraction of sp³-hybridized carbons (Fsp3) is 0.833. The molecule has 0 amide bonds. The van der Waals surface area contributed by atoms with Gasteiger partial charge >= 0.3 is 0 Å². The zero-order valence-electron chi connectivity index (χ0n) is 9.60. The van der Waals surface area contributed by atoms with Crippen LogP contribution in [-0.2, 0) is 4.74 Å². The van der Waals surface area contributed by atoms with E-state index in [1.165, 1.54) is 19.3 Å². The van der Waals surface area contributed by atoms with Gasteiger partial charge < -0.3 is 9.84 Å². The summed E-state index contributed by atoms with van der Waals surface area (Å²) in [6, 6.07) is 0. The first kappa shape index (κ1) is 13.5. The van der Waals surface area contributed by atoms with Crippen molar-refractivity contribution in [2.24, 2.45) is 0 Å². The van der Waals surface area contributed by atoms with Gasteiger partial charge in [-0.3, -0.25) is 0 Å². The van der Waals surface area contributed by atoms with Crippen molar-refractivity contribution in [3.05, 3.63) is 0 Å². The monoisotopic (exact) mass is 198 g/mol. The van der Waals surface area contributed by atoms with Crippen molar-refractivity contribution in [1.29, 1.82) is 0 Å². The minimum atomic E-state index is -0.676. The summed E-state index contributed by atoms with van der Waals surface area (Å²) < 4.78 is 5.09. The number of aliphatic hydroxyl groups is 1. The van der Waals surface area contributed by atoms with Crippen molar-refractivity contribution in [1.82, 2.24) is 0 Å². The third kappa shape index (κ3) is 6.01. The van der Waals surface area contributed by atoms with Crippen LogP contribution in [0.3, 0.4) is 0 Å². The van der Waals surface area contributed by atoms with E-state index in [4.69, 9.17) is 9.84 Å². The number of hydrogen-bond acceptors (Lipinski definition) is 2. The third-order valence-electron chi connectivity index (χ3n) is 2.26. The number of hydrogen-bond donors (Lipinski definition) is 1. The summed E-state index contributed by atoms with van der Waals surface area (Å²) in [4.78, 5) is 0. The van der Waals surface area contributed by atoms with Crippen molar-refractivity contribution in [3.8, 4) is 11.8 Å². The van der Waals surface area contributed by atoms with Crippen LogP contribution >= 0.6 is 0 Å². The highest BCUT2D eigenvalue weighted by molar-refractivity contribution is 5.12. The molecule has 1 atom stereocenters. The van der Waals surface area contributed by atoms with E-state index >= 15 is 0 Å². The average Bonchev–Trinajstić information content (AvgIpc) is 2.23. The fourth-order valence-electron chi connectivity index (χ4n) is 1.04. The van der Waals surface area contributed by atoms with Crippen LogP contribution in [0.2, 0.25) is 0 Å². The molecule has 0 aliphatic heterocycles. The summed E-state index contributed by atoms with van der Waals surface area (Å²) in [5.41, 5.74) is -0.676. The lowest BCUT2D eigenvalue weighted by atomic mass is 10.1. The number of ether oxygens (including phenoxy) is 1. The first-order valence-corrected chi connectivity index (χ1v) is 5.34. The second-order valence-corrected chi connectivity index (χ2v) is 3.71. The lowest BCUT2D eigenvalue weighted by Crippen LogP contribution is -2.29. The summed E-state index contributed by atoms with van der Waals surface area (Å²) in [5.74, 6) is 6.00. The standard InChI is InChI=1S/C12H22O2/c1-4-5-6-7-8-9-10-12(2,11-13)14-3/h13H,4-8,11H2,1-3H3. The fourth-order valence-corrected chi connectivity index (χ4v) is 1.04. The molecular formula is C12H22O2. The van der Waals surface area contributed by atoms with Crippen molar-refractivity contribution >= 4 is 0 Å². The van der Waals surface area contributed by atoms with Crippen molar-refractivity contribution in [2.75, 3.05) is 13.7 Å². The van der Waals surface area contributed by atoms with E-state index in [0.717, 1.165) is 12.8 Å². The summed E-state index contributed by atoms with van der Waals surface area (Å²) in [7, 11) is 1.57. The molecule has 2 nitrogen and oxygen atoms in total. The molecule has 0 aromatic heterocycles. The van der Waals surface area contributed by atoms with E-state index in [9.17, 15) is 0 Å². The molecule has 0 aliphatic rings. The molecule has 1 N–H and O–H groups in total. The highest BCUT2D eigenvalue weighted by atomic mass is 16.5. The minimum absolute atomic E-state index is 0.0501. The maximum atomic E-state index is 9.00. The SMILES string of the molecule is CCCCCCC#CC(C)(CO)OC. The molecule has 0 fully saturated rings. The van der Waals surface area contributed by atoms with Gasteiger partial charge in [0.2, 0.25) is 0 Å². The lowest BCUT2D eigenvalue weighted by molar-refractivity contribution is 0.00799. The van der Waals surface area contributed by atoms with Crippen molar-refractivity contribution < 1.29 is 9.84 Å². The quantitative estimate of drug-likeness (QED) is 0.524. The number of methoxy groups -OCH3 is 1. The molecule has 82 valence electrons. The number of rotatable bonds is 6. The van der Waals surface area contributed by atoms with Gasteiger partial charge in [-0.2, -0.15) is 0 Å². The normalized spacial score (nSPS) is 14.3. The maximum absolute atomic E-state index is 9.00. The summed E-state index contributed by atoms with van der Waals surface area (Å²) in [5, 5.41) is 9.00. The van der Waals surface area contributed by atoms with E-state index in [-0.39, 0.29) is 6.61 Å². The predicted octanol–water partition coefficient (Wildman–Crippen LogP) is 2.36. The van der Waals surface area contributed by atoms with Gasteiger partial charge in [-0.15, -0.1) is 5.92 Å². The molecule has 0 saturated carbocycles. The molecular weight excluding hydrogens is 176 g/mol. The molecule has 0 aliphatic carbocycles. The molecule has 0 saturated heterocycles. The Morgan fingerprint density at radius 1 is 1.29 bits per heavy atom. The molecule has 0 rings (SSSR count). The van der Waals surface area contributed by atoms with Crippen LogP contribution in [0, 0.1) is 11.8 Å². The van der Waals surface area contributed by atoms with E-state index < -0.39 is 5.60 Å². The topological polar surface area (TPSA) is 29.5 Å². The Bertz CT molecular complexity index is 184. The van der Waals surface area contributed by atoms with Gasteiger partial charge in [0.05, 0.1) is 6.61 Å². The van der Waals surface area contributed by atoms with Crippen LogP contribution in [-0.4, -0.2) is 24.4 Å². The molecule has 0 aromatic rings. The van der Waals surface area contributed by atoms with E-state index in [0.29, 0.717) is 0 Å². The Labute approximate surface area is 87.7 Å². The van der Waals surface area contributed by atoms with Gasteiger partial charge in [0.15, 0.2) is 0 Å². The molecule has 14 heavy (non-hydrogen) atoms. The highest BCUT2D eigenvalue weighted by Gasteiger charge is 2.17. The van der Waals surface area contributed by atoms with E-state index in [1.54, 1.807) is 14.0 Å². The van der Waals surface area contributed by atoms with Gasteiger partial charge in [0.25, 0.3) is 0 Å². The second-order valence-electron chi connectivity index (χ2n) is 3.71. The predicted molar refractivity (Wildman–Crippen MR) is 59.0 cm³/mol. The van der Waals surface area contributed by atoms with Gasteiger partial charge in [0.1, 0.15) is 5.60 Å². The van der Waals surface area contributed by atoms with Crippen LogP contribution in [0.4, 0.5) is 0 Å². The molecule has 0 bridgehead atoms. The van der Waals surface area contributed by atoms with Crippen LogP contribution in [0.1, 0.15) is 46.0 Å². The van der Waals surface area contributed by atoms with Crippen LogP contribution in [0.25, 0.3) is 0 Å². The maximum Gasteiger partial charge on any atom is 0.148 e. The molecule has 0 aromatic carbocycles. The smallest absolute Gasteiger partial charge is 0.148 e. The zero-order valence-corrected chi connectivity index (χ0v) is 9.60. The molecule has 0 radical (unpaired) electrons. The van der Waals surface area contributed by atoms with Crippen LogP contribution in [0.5, 0.6) is 0 Å². The van der Waals surface area contributed by atoms with Crippen molar-refractivity contribution in [2.45, 2.75) is 51.6 Å². The van der Waals surface area contributed by atoms with Gasteiger partial charge in [0, 0.05) is 13.5 Å². The first-order chi connectivity index (χ1) is 6.68. The molecule has 1 unspecified atom stereocenters. The largest absolute Gasteiger partial charge is 0.392 e. The molecule has 0 heterocycles. The first-order valence-electron chi connectivity index (χ1n) is 5.34. The summed E-state index contributed by atoms with van der Waals surface area (Å²) in [6.07, 6.45) is 5.82. The van der Waals surface area contributed by atoms with Gasteiger partial charge in [-0.25, -0.2) is 0 Å². The second kappa shape index (κ2) is 7.84. The Morgan fingerprint density at radius 2 is 2.00 bits per heavy atom.